The van der Waals surface area contributed by atoms with Crippen LogP contribution >= 0.6 is 0 Å². The van der Waals surface area contributed by atoms with Crippen LogP contribution in [0.15, 0.2) is 48.5 Å². The molecule has 1 fully saturated rings. The predicted octanol–water partition coefficient (Wildman–Crippen LogP) is 3.64. The van der Waals surface area contributed by atoms with E-state index in [2.05, 4.69) is 5.32 Å². The molecule has 0 spiro atoms. The molecule has 0 aromatic heterocycles. The topological polar surface area (TPSA) is 47.6 Å². The van der Waals surface area contributed by atoms with Gasteiger partial charge in [0.1, 0.15) is 18.2 Å². The first-order valence-corrected chi connectivity index (χ1v) is 7.62. The molecule has 0 radical (unpaired) electrons. The molecule has 1 heterocycles. The zero-order chi connectivity index (χ0) is 16.1. The van der Waals surface area contributed by atoms with Crippen molar-refractivity contribution in [1.82, 2.24) is 0 Å². The number of benzene rings is 2. The van der Waals surface area contributed by atoms with Gasteiger partial charge >= 0.3 is 0 Å². The van der Waals surface area contributed by atoms with Crippen LogP contribution in [0.2, 0.25) is 0 Å². The molecule has 1 atom stereocenters. The van der Waals surface area contributed by atoms with Gasteiger partial charge in [-0.15, -0.1) is 0 Å². The average molecular weight is 315 g/mol. The lowest BCUT2D eigenvalue weighted by Crippen LogP contribution is -2.16. The van der Waals surface area contributed by atoms with Crippen LogP contribution in [0.5, 0.6) is 5.75 Å². The summed E-state index contributed by atoms with van der Waals surface area (Å²) in [5, 5.41) is 2.74. The maximum absolute atomic E-state index is 13.2. The first-order chi connectivity index (χ1) is 11.2. The van der Waals surface area contributed by atoms with Gasteiger partial charge in [0, 0.05) is 23.9 Å². The Kier molecular flexibility index (Phi) is 4.88. The molecule has 1 saturated heterocycles. The van der Waals surface area contributed by atoms with Gasteiger partial charge in [-0.2, -0.15) is 0 Å². The molecule has 3 rings (SSSR count). The Morgan fingerprint density at radius 3 is 2.91 bits per heavy atom. The van der Waals surface area contributed by atoms with Gasteiger partial charge in [-0.1, -0.05) is 12.1 Å². The highest BCUT2D eigenvalue weighted by molar-refractivity contribution is 6.04. The van der Waals surface area contributed by atoms with Crippen molar-refractivity contribution in [2.24, 2.45) is 0 Å². The Bertz CT molecular complexity index is 683. The van der Waals surface area contributed by atoms with E-state index in [1.54, 1.807) is 24.3 Å². The zero-order valence-electron chi connectivity index (χ0n) is 12.6. The van der Waals surface area contributed by atoms with Gasteiger partial charge in [-0.25, -0.2) is 4.39 Å². The van der Waals surface area contributed by atoms with Crippen molar-refractivity contribution < 1.29 is 18.7 Å². The third-order valence-electron chi connectivity index (χ3n) is 3.64. The van der Waals surface area contributed by atoms with Gasteiger partial charge in [0.2, 0.25) is 0 Å². The molecule has 1 aliphatic heterocycles. The second-order valence-corrected chi connectivity index (χ2v) is 5.44. The van der Waals surface area contributed by atoms with Crippen LogP contribution in [0.4, 0.5) is 10.1 Å². The number of ether oxygens (including phenoxy) is 2. The van der Waals surface area contributed by atoms with Gasteiger partial charge in [0.25, 0.3) is 5.91 Å². The predicted molar refractivity (Wildman–Crippen MR) is 85.3 cm³/mol. The fourth-order valence-corrected chi connectivity index (χ4v) is 2.46. The van der Waals surface area contributed by atoms with E-state index in [9.17, 15) is 9.18 Å². The second-order valence-electron chi connectivity index (χ2n) is 5.44. The van der Waals surface area contributed by atoms with E-state index in [0.717, 1.165) is 19.4 Å². The molecule has 120 valence electrons. The molecule has 4 nitrogen and oxygen atoms in total. The molecule has 1 unspecified atom stereocenters. The molecule has 0 bridgehead atoms. The minimum absolute atomic E-state index is 0.139. The van der Waals surface area contributed by atoms with Crippen LogP contribution in [0.3, 0.4) is 0 Å². The Morgan fingerprint density at radius 1 is 1.26 bits per heavy atom. The van der Waals surface area contributed by atoms with Gasteiger partial charge in [0.15, 0.2) is 0 Å². The fourth-order valence-electron chi connectivity index (χ4n) is 2.46. The first kappa shape index (κ1) is 15.5. The fraction of sp³-hybridized carbons (Fsp3) is 0.278. The molecule has 1 aliphatic rings. The molecule has 1 amide bonds. The van der Waals surface area contributed by atoms with Crippen LogP contribution in [-0.2, 0) is 4.74 Å². The summed E-state index contributed by atoms with van der Waals surface area (Å²) in [6.07, 6.45) is 2.22. The van der Waals surface area contributed by atoms with Gasteiger partial charge in [-0.05, 0) is 43.2 Å². The zero-order valence-corrected chi connectivity index (χ0v) is 12.6. The highest BCUT2D eigenvalue weighted by Crippen LogP contribution is 2.20. The normalized spacial score (nSPS) is 17.0. The van der Waals surface area contributed by atoms with Crippen LogP contribution in [0.25, 0.3) is 0 Å². The van der Waals surface area contributed by atoms with Crippen LogP contribution in [-0.4, -0.2) is 25.2 Å². The summed E-state index contributed by atoms with van der Waals surface area (Å²) in [4.78, 5) is 12.1. The Labute approximate surface area is 134 Å². The number of hydrogen-bond acceptors (Lipinski definition) is 3. The average Bonchev–Trinajstić information content (AvgIpc) is 3.07. The van der Waals surface area contributed by atoms with E-state index in [4.69, 9.17) is 9.47 Å². The molecule has 2 aromatic rings. The molecule has 0 aliphatic carbocycles. The maximum atomic E-state index is 13.2. The van der Waals surface area contributed by atoms with Crippen molar-refractivity contribution in [1.29, 1.82) is 0 Å². The minimum Gasteiger partial charge on any atom is -0.491 e. The van der Waals surface area contributed by atoms with Crippen molar-refractivity contribution >= 4 is 11.6 Å². The molecule has 0 saturated carbocycles. The lowest BCUT2D eigenvalue weighted by atomic mass is 10.2. The van der Waals surface area contributed by atoms with Crippen LogP contribution in [0.1, 0.15) is 23.2 Å². The van der Waals surface area contributed by atoms with E-state index >= 15 is 0 Å². The highest BCUT2D eigenvalue weighted by Gasteiger charge is 2.16. The van der Waals surface area contributed by atoms with Crippen molar-refractivity contribution in [3.63, 3.8) is 0 Å². The molecule has 5 heteroatoms. The van der Waals surface area contributed by atoms with Gasteiger partial charge < -0.3 is 14.8 Å². The lowest BCUT2D eigenvalue weighted by molar-refractivity contribution is 0.0680. The number of halogens is 1. The summed E-state index contributed by atoms with van der Waals surface area (Å²) < 4.78 is 24.4. The second kappa shape index (κ2) is 7.24. The maximum Gasteiger partial charge on any atom is 0.255 e. The van der Waals surface area contributed by atoms with Gasteiger partial charge in [0.05, 0.1) is 6.10 Å². The van der Waals surface area contributed by atoms with Crippen LogP contribution < -0.4 is 10.1 Å². The Morgan fingerprint density at radius 2 is 2.13 bits per heavy atom. The van der Waals surface area contributed by atoms with E-state index in [0.29, 0.717) is 18.0 Å². The third kappa shape index (κ3) is 4.29. The smallest absolute Gasteiger partial charge is 0.255 e. The number of nitrogens with one attached hydrogen (secondary N) is 1. The summed E-state index contributed by atoms with van der Waals surface area (Å²) in [7, 11) is 0. The number of amides is 1. The first-order valence-electron chi connectivity index (χ1n) is 7.62. The standard InChI is InChI=1S/C18H18FNO3/c19-14-5-1-4-13(10-14)18(21)20-15-6-2-7-16(11-15)23-12-17-8-3-9-22-17/h1-2,4-7,10-11,17H,3,8-9,12H2,(H,20,21). The quantitative estimate of drug-likeness (QED) is 0.916. The number of carbonyl (C=O) groups is 1. The van der Waals surface area contributed by atoms with E-state index in [1.165, 1.54) is 18.2 Å². The van der Waals surface area contributed by atoms with E-state index < -0.39 is 5.82 Å². The monoisotopic (exact) mass is 315 g/mol. The SMILES string of the molecule is O=C(Nc1cccc(OCC2CCCO2)c1)c1cccc(F)c1. The summed E-state index contributed by atoms with van der Waals surface area (Å²) in [5.74, 6) is -0.135. The van der Waals surface area contributed by atoms with Crippen molar-refractivity contribution in [2.45, 2.75) is 18.9 Å². The number of rotatable bonds is 5. The third-order valence-corrected chi connectivity index (χ3v) is 3.64. The number of anilines is 1. The Balaban J connectivity index is 1.61. The molecular weight excluding hydrogens is 297 g/mol. The van der Waals surface area contributed by atoms with Crippen molar-refractivity contribution in [2.75, 3.05) is 18.5 Å². The minimum atomic E-state index is -0.439. The summed E-state index contributed by atoms with van der Waals surface area (Å²) >= 11 is 0. The van der Waals surface area contributed by atoms with Crippen molar-refractivity contribution in [3.8, 4) is 5.75 Å². The summed E-state index contributed by atoms with van der Waals surface area (Å²) in [6.45, 7) is 1.29. The summed E-state index contributed by atoms with van der Waals surface area (Å²) in [6, 6.07) is 12.7. The van der Waals surface area contributed by atoms with E-state index in [1.807, 2.05) is 6.07 Å². The number of hydrogen-bond donors (Lipinski definition) is 1. The molecule has 2 aromatic carbocycles. The van der Waals surface area contributed by atoms with E-state index in [-0.39, 0.29) is 17.6 Å². The van der Waals surface area contributed by atoms with Gasteiger partial charge in [-0.3, -0.25) is 4.79 Å². The largest absolute Gasteiger partial charge is 0.491 e. The molecule has 1 N–H and O–H groups in total. The Hall–Kier alpha value is -2.40. The summed E-state index contributed by atoms with van der Waals surface area (Å²) in [5.41, 5.74) is 0.875. The molecule has 23 heavy (non-hydrogen) atoms. The molecular formula is C18H18FNO3. The highest BCUT2D eigenvalue weighted by atomic mass is 19.1. The van der Waals surface area contributed by atoms with Crippen LogP contribution in [0, 0.1) is 5.82 Å². The lowest BCUT2D eigenvalue weighted by Gasteiger charge is -2.12. The number of carbonyl (C=O) groups excluding carboxylic acids is 1. The van der Waals surface area contributed by atoms with Crippen molar-refractivity contribution in [3.05, 3.63) is 59.9 Å².